The van der Waals surface area contributed by atoms with E-state index in [2.05, 4.69) is 6.58 Å². The summed E-state index contributed by atoms with van der Waals surface area (Å²) in [4.78, 5) is 25.3. The number of aromatic nitrogens is 1. The number of aryl methyl sites for hydroxylation is 1. The topological polar surface area (TPSA) is 106 Å². The van der Waals surface area contributed by atoms with Crippen molar-refractivity contribution in [1.82, 2.24) is 13.8 Å². The zero-order chi connectivity index (χ0) is 23.8. The van der Waals surface area contributed by atoms with Crippen molar-refractivity contribution >= 4 is 32.5 Å². The maximum atomic E-state index is 13.3. The van der Waals surface area contributed by atoms with Gasteiger partial charge in [0.2, 0.25) is 10.0 Å². The molecule has 1 aliphatic heterocycles. The van der Waals surface area contributed by atoms with Crippen LogP contribution in [0.1, 0.15) is 15.9 Å². The number of nitrogens with zero attached hydrogens (tertiary/aromatic N) is 4. The third-order valence-electron chi connectivity index (χ3n) is 5.87. The Bertz CT molecular complexity index is 1350. The summed E-state index contributed by atoms with van der Waals surface area (Å²) in [6.45, 7) is 6.63. The third-order valence-corrected chi connectivity index (χ3v) is 7.91. The zero-order valence-electron chi connectivity index (χ0n) is 18.2. The summed E-state index contributed by atoms with van der Waals surface area (Å²) in [6, 6.07) is 11.4. The molecule has 2 aromatic carbocycles. The molecule has 3 aromatic rings. The first-order valence-corrected chi connectivity index (χ1v) is 11.9. The number of hydrogen-bond donors (Lipinski definition) is 0. The lowest BCUT2D eigenvalue weighted by atomic mass is 10.1. The molecule has 1 aromatic heterocycles. The van der Waals surface area contributed by atoms with Gasteiger partial charge in [-0.15, -0.1) is 6.58 Å². The van der Waals surface area contributed by atoms with Crippen LogP contribution in [-0.2, 0) is 16.6 Å². The summed E-state index contributed by atoms with van der Waals surface area (Å²) in [7, 11) is -3.92. The molecule has 0 bridgehead atoms. The van der Waals surface area contributed by atoms with Crippen molar-refractivity contribution in [2.75, 3.05) is 26.2 Å². The number of piperazine rings is 1. The summed E-state index contributed by atoms with van der Waals surface area (Å²) >= 11 is 0. The van der Waals surface area contributed by atoms with Gasteiger partial charge >= 0.3 is 0 Å². The number of rotatable bonds is 6. The number of hydrogen-bond acceptors (Lipinski definition) is 5. The molecule has 0 saturated carbocycles. The van der Waals surface area contributed by atoms with Gasteiger partial charge in [-0.25, -0.2) is 8.42 Å². The Labute approximate surface area is 191 Å². The number of carbonyl (C=O) groups is 1. The molecule has 0 N–H and O–H groups in total. The Hall–Kier alpha value is -3.50. The zero-order valence-corrected chi connectivity index (χ0v) is 19.0. The van der Waals surface area contributed by atoms with E-state index in [0.29, 0.717) is 17.7 Å². The molecule has 0 aliphatic carbocycles. The molecule has 1 aliphatic rings. The Balaban J connectivity index is 1.54. The number of carbonyl (C=O) groups excluding carboxylic acids is 1. The summed E-state index contributed by atoms with van der Waals surface area (Å²) in [6.07, 6.45) is 3.57. The molecule has 0 spiro atoms. The largest absolute Gasteiger partial charge is 0.343 e. The smallest absolute Gasteiger partial charge is 0.270 e. The van der Waals surface area contributed by atoms with Gasteiger partial charge in [-0.3, -0.25) is 14.9 Å². The van der Waals surface area contributed by atoms with Gasteiger partial charge in [-0.1, -0.05) is 30.3 Å². The number of para-hydroxylation sites is 1. The van der Waals surface area contributed by atoms with Crippen molar-refractivity contribution in [3.63, 3.8) is 0 Å². The van der Waals surface area contributed by atoms with Crippen LogP contribution in [0, 0.1) is 17.0 Å². The maximum absolute atomic E-state index is 13.3. The number of amides is 1. The van der Waals surface area contributed by atoms with Crippen LogP contribution in [0.4, 0.5) is 5.69 Å². The fourth-order valence-electron chi connectivity index (χ4n) is 4.13. The lowest BCUT2D eigenvalue weighted by molar-refractivity contribution is -0.385. The number of fused-ring (bicyclic) bond motifs is 1. The fraction of sp³-hybridized carbons (Fsp3) is 0.261. The van der Waals surface area contributed by atoms with Crippen molar-refractivity contribution in [1.29, 1.82) is 0 Å². The lowest BCUT2D eigenvalue weighted by Gasteiger charge is -2.34. The van der Waals surface area contributed by atoms with Crippen molar-refractivity contribution in [3.8, 4) is 0 Å². The predicted octanol–water partition coefficient (Wildman–Crippen LogP) is 3.19. The Kier molecular flexibility index (Phi) is 6.05. The summed E-state index contributed by atoms with van der Waals surface area (Å²) in [5.74, 6) is -0.155. The number of non-ortho nitro benzene ring substituents is 1. The van der Waals surface area contributed by atoms with Crippen LogP contribution in [0.5, 0.6) is 0 Å². The van der Waals surface area contributed by atoms with Crippen LogP contribution in [-0.4, -0.2) is 59.2 Å². The molecular weight excluding hydrogens is 444 g/mol. The van der Waals surface area contributed by atoms with Gasteiger partial charge in [0.1, 0.15) is 0 Å². The van der Waals surface area contributed by atoms with Gasteiger partial charge in [-0.05, 0) is 18.6 Å². The molecule has 33 heavy (non-hydrogen) atoms. The molecular formula is C23H24N4O5S. The predicted molar refractivity (Wildman–Crippen MR) is 125 cm³/mol. The average molecular weight is 469 g/mol. The number of allylic oxidation sites excluding steroid dienone is 1. The first-order chi connectivity index (χ1) is 15.7. The highest BCUT2D eigenvalue weighted by atomic mass is 32.2. The molecule has 1 fully saturated rings. The molecule has 10 heteroatoms. The Morgan fingerprint density at radius 1 is 1.15 bits per heavy atom. The normalized spacial score (nSPS) is 15.0. The number of sulfonamides is 1. The van der Waals surface area contributed by atoms with Crippen LogP contribution in [0.25, 0.3) is 10.9 Å². The number of nitro benzene ring substituents is 1. The highest BCUT2D eigenvalue weighted by molar-refractivity contribution is 7.89. The Morgan fingerprint density at radius 3 is 2.52 bits per heavy atom. The second-order valence-electron chi connectivity index (χ2n) is 7.90. The van der Waals surface area contributed by atoms with E-state index < -0.39 is 14.9 Å². The van der Waals surface area contributed by atoms with Crippen molar-refractivity contribution in [3.05, 3.63) is 82.6 Å². The van der Waals surface area contributed by atoms with Crippen LogP contribution in [0.15, 0.2) is 66.2 Å². The van der Waals surface area contributed by atoms with Crippen LogP contribution in [0.3, 0.4) is 0 Å². The van der Waals surface area contributed by atoms with Gasteiger partial charge < -0.3 is 9.47 Å². The second-order valence-corrected chi connectivity index (χ2v) is 9.81. The molecule has 172 valence electrons. The molecule has 1 amide bonds. The van der Waals surface area contributed by atoms with E-state index in [0.717, 1.165) is 17.0 Å². The monoisotopic (exact) mass is 468 g/mol. The van der Waals surface area contributed by atoms with Gasteiger partial charge in [0, 0.05) is 62.0 Å². The SMILES string of the molecule is C=CCn1cc(C(=O)N2CCN(S(=O)(=O)c3cc([N+](=O)[O-])ccc3C)CC2)c2ccccc21. The summed E-state index contributed by atoms with van der Waals surface area (Å²) in [5.41, 5.74) is 1.67. The van der Waals surface area contributed by atoms with E-state index in [9.17, 15) is 23.3 Å². The van der Waals surface area contributed by atoms with Crippen LogP contribution in [0.2, 0.25) is 0 Å². The van der Waals surface area contributed by atoms with E-state index in [4.69, 9.17) is 0 Å². The number of benzene rings is 2. The van der Waals surface area contributed by atoms with Gasteiger partial charge in [-0.2, -0.15) is 4.31 Å². The minimum absolute atomic E-state index is 0.0797. The van der Waals surface area contributed by atoms with Crippen molar-refractivity contribution in [2.45, 2.75) is 18.4 Å². The molecule has 0 radical (unpaired) electrons. The molecule has 1 saturated heterocycles. The quantitative estimate of drug-likeness (QED) is 0.314. The highest BCUT2D eigenvalue weighted by Crippen LogP contribution is 2.27. The van der Waals surface area contributed by atoms with Gasteiger partial charge in [0.25, 0.3) is 11.6 Å². The molecule has 2 heterocycles. The van der Waals surface area contributed by atoms with Crippen LogP contribution < -0.4 is 0 Å². The van der Waals surface area contributed by atoms with E-state index >= 15 is 0 Å². The summed E-state index contributed by atoms with van der Waals surface area (Å²) in [5, 5.41) is 11.9. The second kappa shape index (κ2) is 8.80. The van der Waals surface area contributed by atoms with E-state index in [1.54, 1.807) is 17.9 Å². The lowest BCUT2D eigenvalue weighted by Crippen LogP contribution is -2.50. The number of nitro groups is 1. The van der Waals surface area contributed by atoms with Crippen LogP contribution >= 0.6 is 0 Å². The van der Waals surface area contributed by atoms with E-state index in [-0.39, 0.29) is 42.7 Å². The first kappa shape index (κ1) is 22.7. The standard InChI is InChI=1S/C23H24N4O5S/c1-3-10-25-16-20(19-6-4-5-7-21(19)25)23(28)24-11-13-26(14-12-24)33(31,32)22-15-18(27(29)30)9-8-17(22)2/h3-9,15-16H,1,10-14H2,2H3. The minimum Gasteiger partial charge on any atom is -0.343 e. The average Bonchev–Trinajstić information content (AvgIpc) is 3.17. The van der Waals surface area contributed by atoms with Gasteiger partial charge in [0.05, 0.1) is 15.4 Å². The van der Waals surface area contributed by atoms with E-state index in [1.165, 1.54) is 16.4 Å². The third kappa shape index (κ3) is 4.14. The van der Waals surface area contributed by atoms with E-state index in [1.807, 2.05) is 35.0 Å². The minimum atomic E-state index is -3.92. The van der Waals surface area contributed by atoms with Gasteiger partial charge in [0.15, 0.2) is 0 Å². The fourth-order valence-corrected chi connectivity index (χ4v) is 5.80. The molecule has 0 unspecified atom stereocenters. The first-order valence-electron chi connectivity index (χ1n) is 10.5. The maximum Gasteiger partial charge on any atom is 0.270 e. The summed E-state index contributed by atoms with van der Waals surface area (Å²) < 4.78 is 29.6. The highest BCUT2D eigenvalue weighted by Gasteiger charge is 2.33. The molecule has 9 nitrogen and oxygen atoms in total. The molecule has 4 rings (SSSR count). The molecule has 0 atom stereocenters. The Morgan fingerprint density at radius 2 is 1.85 bits per heavy atom. The van der Waals surface area contributed by atoms with Crippen molar-refractivity contribution in [2.24, 2.45) is 0 Å². The van der Waals surface area contributed by atoms with Crippen molar-refractivity contribution < 1.29 is 18.1 Å².